The van der Waals surface area contributed by atoms with E-state index in [9.17, 15) is 0 Å². The van der Waals surface area contributed by atoms with Crippen LogP contribution < -0.4 is 0 Å². The first-order chi connectivity index (χ1) is 4.83. The van der Waals surface area contributed by atoms with Gasteiger partial charge in [0.25, 0.3) is 0 Å². The first-order valence-electron chi connectivity index (χ1n) is 4.46. The molecule has 0 amide bonds. The lowest BCUT2D eigenvalue weighted by atomic mass is 9.73. The Labute approximate surface area is 68.3 Å². The minimum atomic E-state index is 1.22. The van der Waals surface area contributed by atoms with E-state index in [0.717, 1.165) is 0 Å². The van der Waals surface area contributed by atoms with Gasteiger partial charge in [-0.15, -0.1) is 0 Å². The Hall–Kier alpha value is 0.130. The van der Waals surface area contributed by atoms with Crippen LogP contribution in [0.5, 0.6) is 0 Å². The lowest BCUT2D eigenvalue weighted by molar-refractivity contribution is 1.36. The molecule has 0 fully saturated rings. The molecule has 0 nitrogen and oxygen atoms in total. The van der Waals surface area contributed by atoms with Crippen LogP contribution in [0.2, 0.25) is 25.3 Å². The molecule has 0 atom stereocenters. The molecule has 0 aromatic heterocycles. The Balaban J connectivity index is 0. The van der Waals surface area contributed by atoms with Crippen LogP contribution in [-0.4, -0.2) is 14.6 Å². The largest absolute Gasteiger partial charge is 0.108 e. The van der Waals surface area contributed by atoms with Crippen molar-refractivity contribution in [1.29, 1.82) is 0 Å². The second-order valence-corrected chi connectivity index (χ2v) is 2.21. The maximum Gasteiger partial charge on any atom is 0.108 e. The molecular weight excluding hydrogens is 118 g/mol. The Morgan fingerprint density at radius 1 is 0.600 bits per heavy atom. The van der Waals surface area contributed by atoms with Gasteiger partial charge >= 0.3 is 0 Å². The average molecular weight is 138 g/mol. The molecule has 0 bridgehead atoms. The van der Waals surface area contributed by atoms with Gasteiger partial charge in [0.15, 0.2) is 0 Å². The average Bonchev–Trinajstić information content (AvgIpc) is 1.93. The van der Waals surface area contributed by atoms with Crippen LogP contribution in [-0.2, 0) is 0 Å². The lowest BCUT2D eigenvalue weighted by Crippen LogP contribution is -1.76. The van der Waals surface area contributed by atoms with Gasteiger partial charge in [0.1, 0.15) is 14.6 Å². The van der Waals surface area contributed by atoms with Crippen molar-refractivity contribution < 1.29 is 0 Å². The molecule has 0 saturated heterocycles. The fraction of sp³-hybridized carbons (Fsp3) is 1.00. The summed E-state index contributed by atoms with van der Waals surface area (Å²) in [7, 11) is 4.50. The molecule has 0 N–H and O–H groups in total. The van der Waals surface area contributed by atoms with Gasteiger partial charge in [0.2, 0.25) is 0 Å². The van der Waals surface area contributed by atoms with Crippen molar-refractivity contribution in [3.63, 3.8) is 0 Å². The molecule has 10 heavy (non-hydrogen) atoms. The third-order valence-electron chi connectivity index (χ3n) is 1.15. The van der Waals surface area contributed by atoms with Gasteiger partial charge in [-0.1, -0.05) is 53.0 Å². The summed E-state index contributed by atoms with van der Waals surface area (Å²) < 4.78 is 0. The summed E-state index contributed by atoms with van der Waals surface area (Å²) >= 11 is 0. The molecule has 0 heterocycles. The van der Waals surface area contributed by atoms with Crippen LogP contribution in [0.25, 0.3) is 0 Å². The Bertz CT molecular complexity index is 28.2. The number of hydrogen-bond donors (Lipinski definition) is 0. The maximum absolute atomic E-state index is 2.25. The molecule has 58 valence electrons. The lowest BCUT2D eigenvalue weighted by Gasteiger charge is -1.75. The zero-order valence-electron chi connectivity index (χ0n) is 7.98. The molecule has 2 radical (unpaired) electrons. The molecule has 0 rings (SSSR count). The highest BCUT2D eigenvalue weighted by Gasteiger charge is 1.72. The Morgan fingerprint density at radius 3 is 0.800 bits per heavy atom. The van der Waals surface area contributed by atoms with Crippen LogP contribution in [0, 0.1) is 0 Å². The fourth-order valence-electron chi connectivity index (χ4n) is 0.577. The molecular formula is C8H20B2. The van der Waals surface area contributed by atoms with Gasteiger partial charge in [0, 0.05) is 0 Å². The van der Waals surface area contributed by atoms with E-state index in [4.69, 9.17) is 0 Å². The highest BCUT2D eigenvalue weighted by Crippen LogP contribution is 1.77. The summed E-state index contributed by atoms with van der Waals surface area (Å²) in [6, 6.07) is 0. The van der Waals surface area contributed by atoms with E-state index >= 15 is 0 Å². The van der Waals surface area contributed by atoms with E-state index < -0.39 is 0 Å². The monoisotopic (exact) mass is 138 g/mol. The van der Waals surface area contributed by atoms with E-state index in [-0.39, 0.29) is 0 Å². The van der Waals surface area contributed by atoms with Crippen LogP contribution >= 0.6 is 0 Å². The highest BCUT2D eigenvalue weighted by atomic mass is 13.5. The Kier molecular flexibility index (Phi) is 20.5. The SMILES string of the molecule is CC[B]CC.CC[B]CC. The summed E-state index contributed by atoms with van der Waals surface area (Å²) in [5, 5.41) is 0. The molecule has 2 heteroatoms. The Morgan fingerprint density at radius 2 is 0.800 bits per heavy atom. The normalized spacial score (nSPS) is 7.60. The highest BCUT2D eigenvalue weighted by molar-refractivity contribution is 6.35. The van der Waals surface area contributed by atoms with Gasteiger partial charge < -0.3 is 0 Å². The van der Waals surface area contributed by atoms with Crippen LogP contribution in [0.1, 0.15) is 27.7 Å². The third-order valence-corrected chi connectivity index (χ3v) is 1.15. The molecule has 0 spiro atoms. The summed E-state index contributed by atoms with van der Waals surface area (Å²) in [6.45, 7) is 8.62. The van der Waals surface area contributed by atoms with E-state index in [2.05, 4.69) is 42.3 Å². The van der Waals surface area contributed by atoms with Crippen molar-refractivity contribution >= 4 is 14.6 Å². The quantitative estimate of drug-likeness (QED) is 0.523. The molecule has 0 saturated carbocycles. The number of hydrogen-bond acceptors (Lipinski definition) is 0. The van der Waals surface area contributed by atoms with Gasteiger partial charge in [-0.3, -0.25) is 0 Å². The second kappa shape index (κ2) is 16.1. The van der Waals surface area contributed by atoms with Gasteiger partial charge in [-0.25, -0.2) is 0 Å². The molecule has 0 unspecified atom stereocenters. The van der Waals surface area contributed by atoms with Crippen molar-refractivity contribution in [3.8, 4) is 0 Å². The minimum Gasteiger partial charge on any atom is -0.0831 e. The third kappa shape index (κ3) is 24.2. The van der Waals surface area contributed by atoms with Gasteiger partial charge in [-0.05, 0) is 0 Å². The summed E-state index contributed by atoms with van der Waals surface area (Å²) in [5.74, 6) is 0. The van der Waals surface area contributed by atoms with E-state index in [1.54, 1.807) is 0 Å². The molecule has 0 aliphatic carbocycles. The zero-order valence-corrected chi connectivity index (χ0v) is 7.98. The first kappa shape index (κ1) is 12.8. The van der Waals surface area contributed by atoms with Crippen LogP contribution in [0.3, 0.4) is 0 Å². The molecule has 0 aliphatic heterocycles. The topological polar surface area (TPSA) is 0 Å². The van der Waals surface area contributed by atoms with Crippen molar-refractivity contribution in [2.45, 2.75) is 53.0 Å². The summed E-state index contributed by atoms with van der Waals surface area (Å²) in [4.78, 5) is 0. The standard InChI is InChI=1S/2C4H10B/c2*1-3-5-4-2/h2*3-4H2,1-2H3. The smallest absolute Gasteiger partial charge is 0.0831 e. The van der Waals surface area contributed by atoms with Crippen molar-refractivity contribution in [2.24, 2.45) is 0 Å². The summed E-state index contributed by atoms with van der Waals surface area (Å²) in [5.41, 5.74) is 0. The predicted octanol–water partition coefficient (Wildman–Crippen LogP) is 3.13. The zero-order chi connectivity index (χ0) is 8.24. The van der Waals surface area contributed by atoms with E-state index in [1.807, 2.05) is 0 Å². The predicted molar refractivity (Wildman–Crippen MR) is 53.4 cm³/mol. The van der Waals surface area contributed by atoms with Crippen molar-refractivity contribution in [3.05, 3.63) is 0 Å². The first-order valence-corrected chi connectivity index (χ1v) is 4.46. The van der Waals surface area contributed by atoms with E-state index in [0.29, 0.717) is 0 Å². The van der Waals surface area contributed by atoms with Gasteiger partial charge in [-0.2, -0.15) is 0 Å². The van der Waals surface area contributed by atoms with E-state index in [1.165, 1.54) is 25.3 Å². The van der Waals surface area contributed by atoms with Crippen molar-refractivity contribution in [1.82, 2.24) is 0 Å². The van der Waals surface area contributed by atoms with Crippen LogP contribution in [0.15, 0.2) is 0 Å². The molecule has 0 aliphatic rings. The maximum atomic E-state index is 2.25. The number of rotatable bonds is 4. The molecule has 0 aromatic carbocycles. The minimum absolute atomic E-state index is 1.22. The second-order valence-electron chi connectivity index (χ2n) is 2.21. The molecule has 0 aromatic rings. The van der Waals surface area contributed by atoms with Gasteiger partial charge in [0.05, 0.1) is 0 Å². The summed E-state index contributed by atoms with van der Waals surface area (Å²) in [6.07, 6.45) is 4.88. The van der Waals surface area contributed by atoms with Crippen LogP contribution in [0.4, 0.5) is 0 Å². The van der Waals surface area contributed by atoms with Crippen molar-refractivity contribution in [2.75, 3.05) is 0 Å². The fourth-order valence-corrected chi connectivity index (χ4v) is 0.577.